The standard InChI is InChI=1S/C12H14BrF3/c1-7-2-8(11-5-9(11)6-13)4-10(3-7)12(14,15)16/h2,4,7,9,11H,3,5-6H2,1H3. The lowest BCUT2D eigenvalue weighted by atomic mass is 9.89. The molecular formula is C12H14BrF3. The number of allylic oxidation sites excluding steroid dienone is 4. The molecule has 0 radical (unpaired) electrons. The van der Waals surface area contributed by atoms with Crippen molar-refractivity contribution in [1.29, 1.82) is 0 Å². The van der Waals surface area contributed by atoms with Crippen LogP contribution in [0.3, 0.4) is 0 Å². The Balaban J connectivity index is 2.16. The zero-order valence-electron chi connectivity index (χ0n) is 9.02. The lowest BCUT2D eigenvalue weighted by molar-refractivity contribution is -0.0950. The summed E-state index contributed by atoms with van der Waals surface area (Å²) in [7, 11) is 0. The third-order valence-electron chi connectivity index (χ3n) is 3.27. The Kier molecular flexibility index (Phi) is 3.21. The highest BCUT2D eigenvalue weighted by atomic mass is 79.9. The van der Waals surface area contributed by atoms with Crippen molar-refractivity contribution in [2.24, 2.45) is 17.8 Å². The van der Waals surface area contributed by atoms with Gasteiger partial charge in [-0.2, -0.15) is 13.2 Å². The van der Waals surface area contributed by atoms with Gasteiger partial charge in [0.15, 0.2) is 0 Å². The fraction of sp³-hybridized carbons (Fsp3) is 0.667. The summed E-state index contributed by atoms with van der Waals surface area (Å²) in [6.07, 6.45) is 0.354. The minimum absolute atomic E-state index is 0.00759. The first kappa shape index (κ1) is 12.2. The van der Waals surface area contributed by atoms with E-state index in [0.717, 1.165) is 17.3 Å². The number of rotatable bonds is 2. The van der Waals surface area contributed by atoms with Gasteiger partial charge in [0, 0.05) is 10.9 Å². The second-order valence-electron chi connectivity index (χ2n) is 4.77. The molecule has 90 valence electrons. The highest BCUT2D eigenvalue weighted by Gasteiger charge is 2.42. The highest BCUT2D eigenvalue weighted by molar-refractivity contribution is 9.09. The van der Waals surface area contributed by atoms with Gasteiger partial charge in [-0.05, 0) is 36.2 Å². The molecular weight excluding hydrogens is 281 g/mol. The Morgan fingerprint density at radius 3 is 2.62 bits per heavy atom. The van der Waals surface area contributed by atoms with Crippen LogP contribution in [-0.4, -0.2) is 11.5 Å². The van der Waals surface area contributed by atoms with Gasteiger partial charge in [0.2, 0.25) is 0 Å². The zero-order valence-corrected chi connectivity index (χ0v) is 10.6. The summed E-state index contributed by atoms with van der Waals surface area (Å²) in [5.74, 6) is 0.884. The molecule has 0 aliphatic heterocycles. The maximum atomic E-state index is 12.6. The van der Waals surface area contributed by atoms with Crippen molar-refractivity contribution in [2.45, 2.75) is 25.9 Å². The number of hydrogen-bond donors (Lipinski definition) is 0. The fourth-order valence-electron chi connectivity index (χ4n) is 2.30. The molecule has 3 unspecified atom stereocenters. The molecule has 0 aromatic heterocycles. The first-order chi connectivity index (χ1) is 7.41. The average molecular weight is 295 g/mol. The van der Waals surface area contributed by atoms with Crippen molar-refractivity contribution in [3.8, 4) is 0 Å². The molecule has 3 atom stereocenters. The molecule has 2 aliphatic rings. The van der Waals surface area contributed by atoms with E-state index < -0.39 is 6.18 Å². The van der Waals surface area contributed by atoms with E-state index in [-0.39, 0.29) is 17.9 Å². The molecule has 0 amide bonds. The lowest BCUT2D eigenvalue weighted by Gasteiger charge is -2.21. The van der Waals surface area contributed by atoms with Gasteiger partial charge in [0.05, 0.1) is 0 Å². The van der Waals surface area contributed by atoms with Crippen molar-refractivity contribution >= 4 is 15.9 Å². The van der Waals surface area contributed by atoms with E-state index in [2.05, 4.69) is 15.9 Å². The summed E-state index contributed by atoms with van der Waals surface area (Å²) in [6.45, 7) is 1.85. The predicted molar refractivity (Wildman–Crippen MR) is 61.4 cm³/mol. The fourth-order valence-corrected chi connectivity index (χ4v) is 3.01. The molecule has 0 bridgehead atoms. The number of hydrogen-bond acceptors (Lipinski definition) is 0. The monoisotopic (exact) mass is 294 g/mol. The summed E-state index contributed by atoms with van der Waals surface area (Å²) in [4.78, 5) is 0. The van der Waals surface area contributed by atoms with E-state index in [1.807, 2.05) is 13.0 Å². The quantitative estimate of drug-likeness (QED) is 0.659. The van der Waals surface area contributed by atoms with E-state index in [9.17, 15) is 13.2 Å². The van der Waals surface area contributed by atoms with Gasteiger partial charge in [0.1, 0.15) is 0 Å². The van der Waals surface area contributed by atoms with E-state index >= 15 is 0 Å². The van der Waals surface area contributed by atoms with Crippen LogP contribution < -0.4 is 0 Å². The van der Waals surface area contributed by atoms with Gasteiger partial charge in [-0.25, -0.2) is 0 Å². The first-order valence-electron chi connectivity index (χ1n) is 5.47. The van der Waals surface area contributed by atoms with E-state index in [1.54, 1.807) is 0 Å². The van der Waals surface area contributed by atoms with Crippen molar-refractivity contribution in [3.63, 3.8) is 0 Å². The molecule has 0 aromatic rings. The molecule has 4 heteroatoms. The molecule has 0 N–H and O–H groups in total. The third kappa shape index (κ3) is 2.53. The Labute approximate surface area is 102 Å². The second kappa shape index (κ2) is 4.21. The molecule has 0 aromatic carbocycles. The first-order valence-corrected chi connectivity index (χ1v) is 6.59. The molecule has 1 fully saturated rings. The van der Waals surface area contributed by atoms with E-state index in [4.69, 9.17) is 0 Å². The van der Waals surface area contributed by atoms with Crippen LogP contribution in [0.5, 0.6) is 0 Å². The second-order valence-corrected chi connectivity index (χ2v) is 5.42. The summed E-state index contributed by atoms with van der Waals surface area (Å²) in [5.41, 5.74) is 0.535. The Morgan fingerprint density at radius 2 is 2.12 bits per heavy atom. The van der Waals surface area contributed by atoms with Crippen LogP contribution in [0.4, 0.5) is 13.2 Å². The van der Waals surface area contributed by atoms with Crippen LogP contribution in [0.1, 0.15) is 19.8 Å². The number of halogens is 4. The van der Waals surface area contributed by atoms with Crippen LogP contribution in [0.2, 0.25) is 0 Å². The summed E-state index contributed by atoms with van der Waals surface area (Å²) in [6, 6.07) is 0. The van der Waals surface area contributed by atoms with Crippen LogP contribution in [0, 0.1) is 17.8 Å². The molecule has 0 saturated heterocycles. The average Bonchev–Trinajstić information content (AvgIpc) is 2.94. The largest absolute Gasteiger partial charge is 0.412 e. The van der Waals surface area contributed by atoms with Gasteiger partial charge < -0.3 is 0 Å². The molecule has 16 heavy (non-hydrogen) atoms. The topological polar surface area (TPSA) is 0 Å². The maximum Gasteiger partial charge on any atom is 0.412 e. The highest BCUT2D eigenvalue weighted by Crippen LogP contribution is 2.48. The molecule has 2 rings (SSSR count). The van der Waals surface area contributed by atoms with Gasteiger partial charge in [0.25, 0.3) is 0 Å². The zero-order chi connectivity index (χ0) is 11.9. The molecule has 2 aliphatic carbocycles. The van der Waals surface area contributed by atoms with Gasteiger partial charge >= 0.3 is 6.18 Å². The maximum absolute atomic E-state index is 12.6. The van der Waals surface area contributed by atoms with Crippen LogP contribution in [0.15, 0.2) is 23.3 Å². The van der Waals surface area contributed by atoms with Gasteiger partial charge in [-0.1, -0.05) is 35.0 Å². The molecule has 0 spiro atoms. The minimum Gasteiger partial charge on any atom is -0.166 e. The van der Waals surface area contributed by atoms with Crippen molar-refractivity contribution in [1.82, 2.24) is 0 Å². The normalized spacial score (nSPS) is 34.4. The van der Waals surface area contributed by atoms with E-state index in [1.165, 1.54) is 6.08 Å². The minimum atomic E-state index is -4.16. The molecule has 0 nitrogen and oxygen atoms in total. The van der Waals surface area contributed by atoms with Crippen molar-refractivity contribution < 1.29 is 13.2 Å². The predicted octanol–water partition coefficient (Wildman–Crippen LogP) is 4.47. The Morgan fingerprint density at radius 1 is 1.44 bits per heavy atom. The van der Waals surface area contributed by atoms with Gasteiger partial charge in [-0.3, -0.25) is 0 Å². The Bertz CT molecular complexity index is 341. The van der Waals surface area contributed by atoms with Crippen molar-refractivity contribution in [3.05, 3.63) is 23.3 Å². The van der Waals surface area contributed by atoms with Crippen LogP contribution >= 0.6 is 15.9 Å². The molecule has 1 saturated carbocycles. The smallest absolute Gasteiger partial charge is 0.166 e. The van der Waals surface area contributed by atoms with Crippen LogP contribution in [-0.2, 0) is 0 Å². The summed E-state index contributed by atoms with van der Waals surface area (Å²) in [5, 5.41) is 0.887. The summed E-state index contributed by atoms with van der Waals surface area (Å²) >= 11 is 3.38. The molecule has 0 heterocycles. The van der Waals surface area contributed by atoms with Gasteiger partial charge in [-0.15, -0.1) is 0 Å². The van der Waals surface area contributed by atoms with Crippen LogP contribution in [0.25, 0.3) is 0 Å². The van der Waals surface area contributed by atoms with E-state index in [0.29, 0.717) is 11.8 Å². The SMILES string of the molecule is CC1C=C(C2CC2CBr)C=C(C(F)(F)F)C1. The number of alkyl halides is 4. The summed E-state index contributed by atoms with van der Waals surface area (Å²) < 4.78 is 37.9. The van der Waals surface area contributed by atoms with Crippen molar-refractivity contribution in [2.75, 3.05) is 5.33 Å². The lowest BCUT2D eigenvalue weighted by Crippen LogP contribution is -2.17. The third-order valence-corrected chi connectivity index (χ3v) is 4.10. The Hall–Kier alpha value is -0.250.